The molecule has 3 aliphatic heterocycles. The van der Waals surface area contributed by atoms with E-state index in [0.717, 1.165) is 114 Å². The average molecular weight is 829 g/mol. The maximum Gasteiger partial charge on any atom is 0.338 e. The molecular formula is C44H47FN3O8S2+. The fourth-order valence-corrected chi connectivity index (χ4v) is 9.59. The number of anilines is 2. The Balaban J connectivity index is 1.39. The summed E-state index contributed by atoms with van der Waals surface area (Å²) in [4.78, 5) is 41.4. The van der Waals surface area contributed by atoms with Crippen molar-refractivity contribution in [2.45, 2.75) is 68.9 Å². The number of carboxylic acid groups (broad SMARTS) is 1. The Morgan fingerprint density at radius 1 is 0.948 bits per heavy atom. The lowest BCUT2D eigenvalue weighted by molar-refractivity contribution is 0.0529. The van der Waals surface area contributed by atoms with Gasteiger partial charge in [-0.05, 0) is 86.2 Å². The summed E-state index contributed by atoms with van der Waals surface area (Å²) < 4.78 is 52.6. The van der Waals surface area contributed by atoms with E-state index in [1.54, 1.807) is 23.9 Å². The molecule has 304 valence electrons. The van der Waals surface area contributed by atoms with E-state index in [1.165, 1.54) is 6.07 Å². The zero-order chi connectivity index (χ0) is 41.5. The van der Waals surface area contributed by atoms with E-state index in [2.05, 4.69) is 61.8 Å². The van der Waals surface area contributed by atoms with Crippen LogP contribution in [0.5, 0.6) is 11.5 Å². The average Bonchev–Trinajstić information content (AvgIpc) is 3.21. The monoisotopic (exact) mass is 828 g/mol. The van der Waals surface area contributed by atoms with E-state index in [0.29, 0.717) is 17.4 Å². The van der Waals surface area contributed by atoms with Crippen LogP contribution in [-0.2, 0) is 27.8 Å². The van der Waals surface area contributed by atoms with Gasteiger partial charge in [-0.25, -0.2) is 14.2 Å². The van der Waals surface area contributed by atoms with Gasteiger partial charge in [0.05, 0.1) is 27.1 Å². The molecule has 0 bridgehead atoms. The third kappa shape index (κ3) is 7.83. The summed E-state index contributed by atoms with van der Waals surface area (Å²) in [6.07, 6.45) is 5.44. The molecule has 0 aromatic heterocycles. The molecule has 0 unspecified atom stereocenters. The van der Waals surface area contributed by atoms with Crippen LogP contribution in [0.1, 0.15) is 99.8 Å². The Labute approximate surface area is 341 Å². The molecule has 58 heavy (non-hydrogen) atoms. The number of carboxylic acids is 1. The zero-order valence-electron chi connectivity index (χ0n) is 33.2. The standard InChI is InChI=1S/C44H46FN3O8S2/c1-6-44(3,7-2)57-23-22-55-43(52)35-24-26(46-41(49)34-25-27(58(45,53)54)13-15-29(34)42(50)51)12-14-28(35)38-32-16-18-36-30(10-8-20-47(36)4)39(32)56-40-31-11-9-21-48(5)37(31)19-17-33(38)40/h12-19,24-25H,6-11,20-23H2,1-5H3,(H,50,51)/p+1. The van der Waals surface area contributed by atoms with Crippen molar-refractivity contribution < 1.29 is 41.3 Å². The van der Waals surface area contributed by atoms with E-state index in [-0.39, 0.29) is 22.6 Å². The second-order valence-corrected chi connectivity index (χ2v) is 18.2. The minimum Gasteiger partial charge on any atom is -0.478 e. The molecule has 3 heterocycles. The highest BCUT2D eigenvalue weighted by Gasteiger charge is 2.33. The Morgan fingerprint density at radius 2 is 1.69 bits per heavy atom. The lowest BCUT2D eigenvalue weighted by Gasteiger charge is -2.32. The van der Waals surface area contributed by atoms with Crippen LogP contribution in [-0.4, -0.2) is 75.7 Å². The number of hydrogen-bond donors (Lipinski definition) is 2. The summed E-state index contributed by atoms with van der Waals surface area (Å²) in [6, 6.07) is 15.3. The first kappa shape index (κ1) is 41.0. The van der Waals surface area contributed by atoms with Gasteiger partial charge in [-0.15, -0.1) is 3.89 Å². The van der Waals surface area contributed by atoms with Crippen molar-refractivity contribution in [2.24, 2.45) is 0 Å². The van der Waals surface area contributed by atoms with Gasteiger partial charge in [0.1, 0.15) is 31.7 Å². The van der Waals surface area contributed by atoms with E-state index in [4.69, 9.17) is 9.47 Å². The number of hydrogen-bond acceptors (Lipinski definition) is 9. The highest BCUT2D eigenvalue weighted by molar-refractivity contribution is 8.00. The molecule has 7 rings (SSSR count). The van der Waals surface area contributed by atoms with Crippen LogP contribution >= 0.6 is 11.8 Å². The van der Waals surface area contributed by atoms with E-state index in [9.17, 15) is 31.8 Å². The number of nitrogens with one attached hydrogen (secondary N) is 1. The minimum atomic E-state index is -5.26. The van der Waals surface area contributed by atoms with Gasteiger partial charge in [0.15, 0.2) is 0 Å². The third-order valence-electron chi connectivity index (χ3n) is 11.7. The molecule has 0 fully saturated rings. The maximum atomic E-state index is 14.4. The molecule has 0 aliphatic carbocycles. The number of rotatable bonds is 12. The van der Waals surface area contributed by atoms with Crippen LogP contribution in [0.25, 0.3) is 5.57 Å². The zero-order valence-corrected chi connectivity index (χ0v) is 34.9. The molecule has 11 nitrogen and oxygen atoms in total. The van der Waals surface area contributed by atoms with Crippen molar-refractivity contribution in [1.82, 2.24) is 4.58 Å². The summed E-state index contributed by atoms with van der Waals surface area (Å²) in [7, 11) is -1.12. The van der Waals surface area contributed by atoms with Crippen LogP contribution in [0.4, 0.5) is 15.3 Å². The molecule has 0 saturated carbocycles. The topological polar surface area (TPSA) is 142 Å². The van der Waals surface area contributed by atoms with Gasteiger partial charge in [-0.1, -0.05) is 26.8 Å². The highest BCUT2D eigenvalue weighted by atomic mass is 32.3. The molecule has 14 heteroatoms. The van der Waals surface area contributed by atoms with Gasteiger partial charge in [-0.3, -0.25) is 4.79 Å². The van der Waals surface area contributed by atoms with Crippen molar-refractivity contribution in [3.05, 3.63) is 110 Å². The first-order valence-corrected chi connectivity index (χ1v) is 21.9. The number of nitrogens with zero attached hydrogens (tertiary/aromatic N) is 2. The summed E-state index contributed by atoms with van der Waals surface area (Å²) in [5, 5.41) is 14.3. The largest absolute Gasteiger partial charge is 0.478 e. The Bertz CT molecular complexity index is 2610. The number of esters is 1. The number of aromatic carboxylic acids is 1. The van der Waals surface area contributed by atoms with E-state index in [1.807, 2.05) is 12.1 Å². The smallest absolute Gasteiger partial charge is 0.338 e. The predicted octanol–water partition coefficient (Wildman–Crippen LogP) is 6.57. The van der Waals surface area contributed by atoms with Crippen LogP contribution in [0.2, 0.25) is 0 Å². The van der Waals surface area contributed by atoms with E-state index >= 15 is 0 Å². The first-order chi connectivity index (χ1) is 27.6. The third-order valence-corrected chi connectivity index (χ3v) is 14.1. The number of thioether (sulfide) groups is 1. The summed E-state index contributed by atoms with van der Waals surface area (Å²) in [5.74, 6) is -1.10. The SMILES string of the molecule is CCC(C)(CC)SCCOC(=O)c1cc(NC(=O)c2cc(S(=O)(=O)F)ccc2C(=O)O)ccc1C1=c2ccc3c(c2Oc2c1ccc1c2CCCN1C)CCC[N+]=3C. The number of benzene rings is 4. The van der Waals surface area contributed by atoms with Crippen LogP contribution < -0.4 is 30.1 Å². The lowest BCUT2D eigenvalue weighted by Crippen LogP contribution is -2.37. The number of fused-ring (bicyclic) bond motifs is 6. The van der Waals surface area contributed by atoms with Gasteiger partial charge in [0, 0.05) is 69.9 Å². The maximum absolute atomic E-state index is 14.4. The Hall–Kier alpha value is -5.21. The molecule has 1 amide bonds. The molecular weight excluding hydrogens is 782 g/mol. The number of halogens is 1. The normalized spacial score (nSPS) is 14.8. The van der Waals surface area contributed by atoms with Crippen molar-refractivity contribution in [2.75, 3.05) is 49.8 Å². The summed E-state index contributed by atoms with van der Waals surface area (Å²) in [6.45, 7) is 8.41. The number of carbonyl (C=O) groups excluding carboxylic acids is 2. The van der Waals surface area contributed by atoms with Gasteiger partial charge in [0.25, 0.3) is 5.91 Å². The fraction of sp³-hybridized carbons (Fsp3) is 0.364. The molecule has 4 aromatic rings. The number of carbonyl (C=O) groups is 3. The summed E-state index contributed by atoms with van der Waals surface area (Å²) in [5.41, 5.74) is 4.53. The van der Waals surface area contributed by atoms with Gasteiger partial charge < -0.3 is 24.8 Å². The highest BCUT2D eigenvalue weighted by Crippen LogP contribution is 2.45. The van der Waals surface area contributed by atoms with Crippen molar-refractivity contribution in [3.63, 3.8) is 0 Å². The van der Waals surface area contributed by atoms with Gasteiger partial charge >= 0.3 is 22.2 Å². The first-order valence-electron chi connectivity index (χ1n) is 19.5. The number of ether oxygens (including phenoxy) is 2. The fourth-order valence-electron chi connectivity index (χ4n) is 8.04. The van der Waals surface area contributed by atoms with Crippen LogP contribution in [0, 0.1) is 0 Å². The quantitative estimate of drug-likeness (QED) is 0.0615. The molecule has 3 aliphatic rings. The van der Waals surface area contributed by atoms with E-state index < -0.39 is 44.1 Å². The molecule has 0 atom stereocenters. The van der Waals surface area contributed by atoms with Crippen molar-refractivity contribution in [1.29, 1.82) is 0 Å². The summed E-state index contributed by atoms with van der Waals surface area (Å²) >= 11 is 1.74. The van der Waals surface area contributed by atoms with Crippen LogP contribution in [0.15, 0.2) is 65.6 Å². The van der Waals surface area contributed by atoms with Gasteiger partial charge in [0.2, 0.25) is 5.36 Å². The van der Waals surface area contributed by atoms with Gasteiger partial charge in [-0.2, -0.15) is 20.2 Å². The van der Waals surface area contributed by atoms with Crippen molar-refractivity contribution in [3.8, 4) is 11.5 Å². The molecule has 0 radical (unpaired) electrons. The van der Waals surface area contributed by atoms with Crippen LogP contribution in [0.3, 0.4) is 0 Å². The molecule has 4 aromatic carbocycles. The second kappa shape index (κ2) is 16.2. The predicted molar refractivity (Wildman–Crippen MR) is 224 cm³/mol. The lowest BCUT2D eigenvalue weighted by atomic mass is 9.85. The van der Waals surface area contributed by atoms with Crippen molar-refractivity contribution >= 4 is 56.8 Å². The molecule has 0 saturated heterocycles. The Kier molecular flexibility index (Phi) is 11.4. The number of amides is 1. The minimum absolute atomic E-state index is 0.0289. The molecule has 2 N–H and O–H groups in total. The second-order valence-electron chi connectivity index (χ2n) is 15.2. The molecule has 0 spiro atoms. The Morgan fingerprint density at radius 3 is 2.41 bits per heavy atom.